The van der Waals surface area contributed by atoms with Gasteiger partial charge in [-0.2, -0.15) is 0 Å². The topological polar surface area (TPSA) is 51.4 Å². The van der Waals surface area contributed by atoms with Gasteiger partial charge in [-0.3, -0.25) is 0 Å². The minimum absolute atomic E-state index is 0.0376. The molecule has 4 rings (SSSR count). The van der Waals surface area contributed by atoms with E-state index in [0.29, 0.717) is 12.0 Å². The molecule has 1 saturated heterocycles. The van der Waals surface area contributed by atoms with Crippen LogP contribution in [0.25, 0.3) is 10.9 Å². The molecule has 3 radical (unpaired) electrons. The molecule has 27 heavy (non-hydrogen) atoms. The van der Waals surface area contributed by atoms with Gasteiger partial charge in [0.2, 0.25) is 0 Å². The molecular formula is C21H27N4OS. The van der Waals surface area contributed by atoms with Gasteiger partial charge in [-0.1, -0.05) is 0 Å². The number of benzene rings is 1. The van der Waals surface area contributed by atoms with Crippen molar-refractivity contribution in [2.75, 3.05) is 26.7 Å². The predicted octanol–water partition coefficient (Wildman–Crippen LogP) is 3.57. The Kier molecular flexibility index (Phi) is 5.12. The molecule has 6 heteroatoms. The van der Waals surface area contributed by atoms with E-state index in [9.17, 15) is 4.79 Å². The van der Waals surface area contributed by atoms with Crippen LogP contribution in [-0.2, 0) is 6.42 Å². The Morgan fingerprint density at radius 2 is 2.19 bits per heavy atom. The molecule has 1 aromatic heterocycles. The smallest absolute Gasteiger partial charge is 0.317 e. The molecule has 2 heterocycles. The first kappa shape index (κ1) is 18.7. The van der Waals surface area contributed by atoms with E-state index in [0.717, 1.165) is 54.6 Å². The number of aromatic nitrogens is 1. The number of likely N-dealkylation sites (tertiary alicyclic amines) is 1. The highest BCUT2D eigenvalue weighted by molar-refractivity contribution is 8.00. The van der Waals surface area contributed by atoms with Crippen molar-refractivity contribution < 1.29 is 4.79 Å². The van der Waals surface area contributed by atoms with E-state index in [1.165, 1.54) is 16.5 Å². The van der Waals surface area contributed by atoms with Gasteiger partial charge in [0.25, 0.3) is 0 Å². The fraction of sp³-hybridized carbons (Fsp3) is 0.524. The van der Waals surface area contributed by atoms with Gasteiger partial charge in [0.05, 0.1) is 6.26 Å². The number of likely N-dealkylation sites (N-methyl/N-ethyl adjacent to an activating group) is 1. The number of thioether (sulfide) groups is 1. The number of hydrogen-bond donors (Lipinski definition) is 2. The number of carbonyl (C=O) groups is 1. The van der Waals surface area contributed by atoms with Crippen LogP contribution in [0.5, 0.6) is 0 Å². The molecule has 143 valence electrons. The molecular weight excluding hydrogens is 356 g/mol. The number of urea groups is 1. The summed E-state index contributed by atoms with van der Waals surface area (Å²) in [5, 5.41) is 4.59. The zero-order chi connectivity index (χ0) is 19.1. The van der Waals surface area contributed by atoms with Gasteiger partial charge >= 0.3 is 6.03 Å². The summed E-state index contributed by atoms with van der Waals surface area (Å²) in [5.41, 5.74) is 3.84. The highest BCUT2D eigenvalue weighted by Gasteiger charge is 2.40. The monoisotopic (exact) mass is 383 g/mol. The molecule has 2 aliphatic rings. The lowest BCUT2D eigenvalue weighted by Gasteiger charge is -2.46. The highest BCUT2D eigenvalue weighted by atomic mass is 32.2. The second kappa shape index (κ2) is 7.40. The maximum atomic E-state index is 12.6. The van der Waals surface area contributed by atoms with Crippen molar-refractivity contribution in [1.82, 2.24) is 20.1 Å². The summed E-state index contributed by atoms with van der Waals surface area (Å²) in [5.74, 6) is 0.378. The van der Waals surface area contributed by atoms with Crippen LogP contribution in [0.15, 0.2) is 23.2 Å². The molecule has 1 aliphatic carbocycles. The predicted molar refractivity (Wildman–Crippen MR) is 110 cm³/mol. The van der Waals surface area contributed by atoms with Gasteiger partial charge in [0, 0.05) is 59.6 Å². The molecule has 0 saturated carbocycles. The number of rotatable bonds is 4. The second-order valence-corrected chi connectivity index (χ2v) is 8.40. The third kappa shape index (κ3) is 3.23. The Balaban J connectivity index is 1.64. The van der Waals surface area contributed by atoms with Crippen molar-refractivity contribution in [3.63, 3.8) is 0 Å². The maximum Gasteiger partial charge on any atom is 0.317 e. The molecule has 1 aromatic carbocycles. The Hall–Kier alpha value is -1.66. The fourth-order valence-corrected chi connectivity index (χ4v) is 5.29. The number of H-pyrrole nitrogens is 1. The number of nitrogens with one attached hydrogen (secondary N) is 2. The Morgan fingerprint density at radius 1 is 1.41 bits per heavy atom. The minimum Gasteiger partial charge on any atom is -0.361 e. The lowest BCUT2D eigenvalue weighted by atomic mass is 9.74. The van der Waals surface area contributed by atoms with Crippen molar-refractivity contribution in [2.24, 2.45) is 0 Å². The van der Waals surface area contributed by atoms with E-state index >= 15 is 0 Å². The summed E-state index contributed by atoms with van der Waals surface area (Å²) in [6.45, 7) is 6.37. The third-order valence-electron chi connectivity index (χ3n) is 6.27. The molecule has 1 unspecified atom stereocenters. The molecule has 2 N–H and O–H groups in total. The molecule has 3 atom stereocenters. The van der Waals surface area contributed by atoms with E-state index in [1.54, 1.807) is 0 Å². The van der Waals surface area contributed by atoms with Gasteiger partial charge in [0.1, 0.15) is 0 Å². The average molecular weight is 384 g/mol. The van der Waals surface area contributed by atoms with E-state index in [4.69, 9.17) is 6.26 Å². The van der Waals surface area contributed by atoms with Crippen molar-refractivity contribution >= 4 is 28.7 Å². The van der Waals surface area contributed by atoms with Crippen molar-refractivity contribution in [3.8, 4) is 0 Å². The first-order valence-electron chi connectivity index (χ1n) is 9.78. The number of aromatic amines is 1. The van der Waals surface area contributed by atoms with Gasteiger partial charge in [-0.25, -0.2) is 4.79 Å². The molecule has 2 aromatic rings. The largest absolute Gasteiger partial charge is 0.361 e. The minimum atomic E-state index is 0.0376. The lowest BCUT2D eigenvalue weighted by Crippen LogP contribution is -2.56. The molecule has 5 nitrogen and oxygen atoms in total. The van der Waals surface area contributed by atoms with Crippen LogP contribution in [0.1, 0.15) is 37.3 Å². The summed E-state index contributed by atoms with van der Waals surface area (Å²) in [6, 6.07) is 4.90. The number of carbonyl (C=O) groups excluding carboxylic acids is 1. The van der Waals surface area contributed by atoms with Crippen LogP contribution < -0.4 is 5.32 Å². The van der Waals surface area contributed by atoms with Gasteiger partial charge in [-0.15, -0.1) is 11.8 Å². The summed E-state index contributed by atoms with van der Waals surface area (Å²) in [7, 11) is 2.17. The summed E-state index contributed by atoms with van der Waals surface area (Å²) >= 11 is 1.05. The normalized spacial score (nSPS) is 24.7. The standard InChI is InChI=1S/C21H27N4OS/c1-5-25(6-2)21(26)23-14-8-16-17-9-15(27-4)10-18-20(17)13(11-22-18)7-19(16)24(3)12-14/h9-11,14,16,19,22H,5-8,12H2,1-3H3,(H,23,26)/t14-,16?,19+/m0/s1. The first-order chi connectivity index (χ1) is 13.0. The van der Waals surface area contributed by atoms with Crippen LogP contribution in [0.3, 0.4) is 0 Å². The maximum absolute atomic E-state index is 12.6. The molecule has 0 bridgehead atoms. The van der Waals surface area contributed by atoms with Crippen LogP contribution in [0, 0.1) is 6.26 Å². The van der Waals surface area contributed by atoms with Crippen LogP contribution in [0.4, 0.5) is 4.79 Å². The van der Waals surface area contributed by atoms with Gasteiger partial charge in [0.15, 0.2) is 0 Å². The lowest BCUT2D eigenvalue weighted by molar-refractivity contribution is 0.124. The molecule has 0 spiro atoms. The van der Waals surface area contributed by atoms with Crippen molar-refractivity contribution in [3.05, 3.63) is 35.7 Å². The van der Waals surface area contributed by atoms with Gasteiger partial charge in [-0.05, 0) is 57.0 Å². The third-order valence-corrected chi connectivity index (χ3v) is 6.74. The number of amides is 2. The van der Waals surface area contributed by atoms with Crippen LogP contribution in [-0.4, -0.2) is 59.6 Å². The highest BCUT2D eigenvalue weighted by Crippen LogP contribution is 2.44. The fourth-order valence-electron chi connectivity index (χ4n) is 4.93. The zero-order valence-corrected chi connectivity index (χ0v) is 17.0. The van der Waals surface area contributed by atoms with E-state index in [2.05, 4.69) is 40.6 Å². The molecule has 1 fully saturated rings. The van der Waals surface area contributed by atoms with Crippen LogP contribution >= 0.6 is 11.8 Å². The van der Waals surface area contributed by atoms with E-state index in [1.807, 2.05) is 18.7 Å². The number of fused-ring (bicyclic) bond motifs is 2. The number of hydrogen-bond acceptors (Lipinski definition) is 3. The van der Waals surface area contributed by atoms with E-state index in [-0.39, 0.29) is 12.1 Å². The summed E-state index contributed by atoms with van der Waals surface area (Å²) < 4.78 is 0. The Labute approximate surface area is 165 Å². The van der Waals surface area contributed by atoms with Crippen LogP contribution in [0.2, 0.25) is 0 Å². The molecule has 2 amide bonds. The zero-order valence-electron chi connectivity index (χ0n) is 16.2. The number of piperidine rings is 1. The first-order valence-corrected chi connectivity index (χ1v) is 10.6. The van der Waals surface area contributed by atoms with Crippen molar-refractivity contribution in [2.45, 2.75) is 49.6 Å². The Bertz CT molecular complexity index is 844. The summed E-state index contributed by atoms with van der Waals surface area (Å²) in [6.07, 6.45) is 11.9. The summed E-state index contributed by atoms with van der Waals surface area (Å²) in [4.78, 5) is 21.2. The quantitative estimate of drug-likeness (QED) is 0.794. The van der Waals surface area contributed by atoms with E-state index < -0.39 is 0 Å². The SMILES string of the molecule is [C]Sc1cc2c3c(c[nH]c3c1)C[C@@H]1C2C[C@H](NC(=O)N(CC)CC)CN1C. The average Bonchev–Trinajstić information content (AvgIpc) is 3.07. The molecule has 1 aliphatic heterocycles. The Morgan fingerprint density at radius 3 is 2.89 bits per heavy atom. The van der Waals surface area contributed by atoms with Gasteiger partial charge < -0.3 is 20.1 Å². The number of nitrogens with zero attached hydrogens (tertiary/aromatic N) is 2. The van der Waals surface area contributed by atoms with Crippen molar-refractivity contribution in [1.29, 1.82) is 0 Å². The second-order valence-electron chi connectivity index (χ2n) is 7.72.